The molecule has 0 saturated carbocycles. The molecule has 0 aliphatic carbocycles. The summed E-state index contributed by atoms with van der Waals surface area (Å²) in [6.07, 6.45) is 0. The summed E-state index contributed by atoms with van der Waals surface area (Å²) in [5.41, 5.74) is 9.25. The van der Waals surface area contributed by atoms with E-state index < -0.39 is 0 Å². The summed E-state index contributed by atoms with van der Waals surface area (Å²) < 4.78 is 6.59. The van der Waals surface area contributed by atoms with E-state index in [0.717, 1.165) is 66.1 Å². The molecule has 12 rings (SSSR count). The van der Waals surface area contributed by atoms with Crippen molar-refractivity contribution in [2.24, 2.45) is 0 Å². The average molecular weight is 752 g/mol. The second kappa shape index (κ2) is 13.3. The van der Waals surface area contributed by atoms with E-state index in [1.54, 1.807) is 0 Å². The van der Waals surface area contributed by atoms with Crippen molar-refractivity contribution in [3.63, 3.8) is 0 Å². The third-order valence-corrected chi connectivity index (χ3v) is 11.7. The highest BCUT2D eigenvalue weighted by Gasteiger charge is 2.20. The minimum absolute atomic E-state index is 0.641. The summed E-state index contributed by atoms with van der Waals surface area (Å²) in [4.78, 5) is 15.2. The molecule has 2 heterocycles. The van der Waals surface area contributed by atoms with Crippen molar-refractivity contribution in [2.45, 2.75) is 0 Å². The molecule has 10 aromatic carbocycles. The van der Waals surface area contributed by atoms with Crippen molar-refractivity contribution in [1.82, 2.24) is 15.0 Å². The van der Waals surface area contributed by atoms with Crippen LogP contribution >= 0.6 is 0 Å². The number of benzene rings is 10. The minimum Gasteiger partial charge on any atom is -0.455 e. The van der Waals surface area contributed by atoms with E-state index in [-0.39, 0.29) is 0 Å². The number of rotatable bonds is 5. The highest BCUT2D eigenvalue weighted by Crippen LogP contribution is 2.46. The van der Waals surface area contributed by atoms with Crippen LogP contribution in [-0.2, 0) is 0 Å². The van der Waals surface area contributed by atoms with Gasteiger partial charge in [0.2, 0.25) is 0 Å². The van der Waals surface area contributed by atoms with Gasteiger partial charge in [-0.05, 0) is 84.0 Å². The quantitative estimate of drug-likeness (QED) is 0.164. The van der Waals surface area contributed by atoms with E-state index >= 15 is 0 Å². The van der Waals surface area contributed by atoms with Crippen molar-refractivity contribution in [3.8, 4) is 56.4 Å². The smallest absolute Gasteiger partial charge is 0.164 e. The Morgan fingerprint density at radius 2 is 0.678 bits per heavy atom. The van der Waals surface area contributed by atoms with Crippen molar-refractivity contribution >= 4 is 65.0 Å². The van der Waals surface area contributed by atoms with Crippen LogP contribution in [0, 0.1) is 0 Å². The van der Waals surface area contributed by atoms with Gasteiger partial charge in [0.25, 0.3) is 0 Å². The van der Waals surface area contributed by atoms with Crippen molar-refractivity contribution in [1.29, 1.82) is 0 Å². The average Bonchev–Trinajstić information content (AvgIpc) is 3.70. The van der Waals surface area contributed by atoms with Crippen LogP contribution in [0.3, 0.4) is 0 Å². The topological polar surface area (TPSA) is 51.8 Å². The molecule has 0 radical (unpaired) electrons. The fourth-order valence-electron chi connectivity index (χ4n) is 9.01. The zero-order valence-corrected chi connectivity index (χ0v) is 31.8. The first-order valence-electron chi connectivity index (χ1n) is 19.9. The molecule has 0 aliphatic heterocycles. The molecule has 0 spiro atoms. The summed E-state index contributed by atoms with van der Waals surface area (Å²) in [6.45, 7) is 0. The van der Waals surface area contributed by atoms with E-state index in [9.17, 15) is 0 Å². The highest BCUT2D eigenvalue weighted by atomic mass is 16.3. The third-order valence-electron chi connectivity index (χ3n) is 11.7. The van der Waals surface area contributed by atoms with Crippen molar-refractivity contribution < 1.29 is 4.42 Å². The Bertz CT molecular complexity index is 3550. The summed E-state index contributed by atoms with van der Waals surface area (Å²) in [6, 6.07) is 70.5. The van der Waals surface area contributed by atoms with E-state index in [4.69, 9.17) is 19.4 Å². The SMILES string of the molecule is c1ccc(-c2nc(-c3ccccc3)nc(-c3ccc(-c4cc5c6ccccc6c(-c6cccc7c6oc6ccccc67)cc5c5ccccc45)c4ccccc34)n2)cc1. The Morgan fingerprint density at radius 1 is 0.254 bits per heavy atom. The Morgan fingerprint density at radius 3 is 1.27 bits per heavy atom. The molecule has 0 atom stereocenters. The first-order chi connectivity index (χ1) is 29.3. The predicted octanol–water partition coefficient (Wildman–Crippen LogP) is 14.7. The van der Waals surface area contributed by atoms with Crippen LogP contribution in [0.25, 0.3) is 121 Å². The maximum atomic E-state index is 6.59. The molecule has 0 fully saturated rings. The number of hydrogen-bond donors (Lipinski definition) is 0. The third kappa shape index (κ3) is 5.34. The second-order valence-corrected chi connectivity index (χ2v) is 15.1. The molecule has 4 heteroatoms. The lowest BCUT2D eigenvalue weighted by molar-refractivity contribution is 0.670. The van der Waals surface area contributed by atoms with E-state index in [2.05, 4.69) is 133 Å². The summed E-state index contributed by atoms with van der Waals surface area (Å²) in [7, 11) is 0. The van der Waals surface area contributed by atoms with Gasteiger partial charge in [-0.2, -0.15) is 0 Å². The molecule has 12 aromatic rings. The molecule has 0 N–H and O–H groups in total. The van der Waals surface area contributed by atoms with Crippen molar-refractivity contribution in [2.75, 3.05) is 0 Å². The maximum absolute atomic E-state index is 6.59. The Balaban J connectivity index is 1.09. The van der Waals surface area contributed by atoms with Gasteiger partial charge >= 0.3 is 0 Å². The minimum atomic E-state index is 0.641. The van der Waals surface area contributed by atoms with E-state index in [1.807, 2.05) is 66.7 Å². The molecule has 0 unspecified atom stereocenters. The summed E-state index contributed by atoms with van der Waals surface area (Å²) in [5, 5.41) is 11.7. The van der Waals surface area contributed by atoms with Gasteiger partial charge in [0.05, 0.1) is 0 Å². The molecule has 0 amide bonds. The fourth-order valence-corrected chi connectivity index (χ4v) is 9.01. The first kappa shape index (κ1) is 33.2. The lowest BCUT2D eigenvalue weighted by Crippen LogP contribution is -2.00. The molecule has 274 valence electrons. The Labute approximate surface area is 339 Å². The lowest BCUT2D eigenvalue weighted by Gasteiger charge is -2.18. The second-order valence-electron chi connectivity index (χ2n) is 15.1. The van der Waals surface area contributed by atoms with Crippen LogP contribution in [0.2, 0.25) is 0 Å². The molecule has 0 aliphatic rings. The Hall–Kier alpha value is -7.95. The zero-order chi connectivity index (χ0) is 38.9. The van der Waals surface area contributed by atoms with Crippen LogP contribution in [0.15, 0.2) is 205 Å². The summed E-state index contributed by atoms with van der Waals surface area (Å²) >= 11 is 0. The number of aromatic nitrogens is 3. The van der Waals surface area contributed by atoms with Gasteiger partial charge in [0, 0.05) is 33.0 Å². The Kier molecular flexibility index (Phi) is 7.50. The monoisotopic (exact) mass is 751 g/mol. The number of nitrogens with zero attached hydrogens (tertiary/aromatic N) is 3. The van der Waals surface area contributed by atoms with Crippen LogP contribution < -0.4 is 0 Å². The summed E-state index contributed by atoms with van der Waals surface area (Å²) in [5.74, 6) is 1.93. The number of para-hydroxylation sites is 2. The van der Waals surface area contributed by atoms with Gasteiger partial charge in [-0.1, -0.05) is 176 Å². The molecule has 0 saturated heterocycles. The van der Waals surface area contributed by atoms with E-state index in [0.29, 0.717) is 17.5 Å². The number of hydrogen-bond acceptors (Lipinski definition) is 4. The maximum Gasteiger partial charge on any atom is 0.164 e. The highest BCUT2D eigenvalue weighted by molar-refractivity contribution is 6.26. The molecule has 4 nitrogen and oxygen atoms in total. The molecular formula is C55H33N3O. The largest absolute Gasteiger partial charge is 0.455 e. The predicted molar refractivity (Wildman–Crippen MR) is 244 cm³/mol. The van der Waals surface area contributed by atoms with Gasteiger partial charge in [-0.15, -0.1) is 0 Å². The van der Waals surface area contributed by atoms with Gasteiger partial charge in [0.1, 0.15) is 11.2 Å². The van der Waals surface area contributed by atoms with Gasteiger partial charge < -0.3 is 4.42 Å². The van der Waals surface area contributed by atoms with Gasteiger partial charge in [0.15, 0.2) is 17.5 Å². The molecule has 2 aromatic heterocycles. The molecule has 59 heavy (non-hydrogen) atoms. The van der Waals surface area contributed by atoms with Crippen molar-refractivity contribution in [3.05, 3.63) is 200 Å². The number of furan rings is 1. The van der Waals surface area contributed by atoms with Gasteiger partial charge in [-0.3, -0.25) is 0 Å². The van der Waals surface area contributed by atoms with Gasteiger partial charge in [-0.25, -0.2) is 15.0 Å². The first-order valence-corrected chi connectivity index (χ1v) is 19.9. The van der Waals surface area contributed by atoms with Crippen LogP contribution in [0.4, 0.5) is 0 Å². The standard InChI is InChI=1S/C55H33N3O/c1-3-16-34(17-4-1)53-56-54(35-18-5-2-6-19-35)58-55(57-53)46-31-30-42(36-20-7-8-21-37(36)46)47-32-49-41-25-12-10-23-39(41)48(33-50(49)40-24-11-9-22-38(40)47)45-28-15-27-44-43-26-13-14-29-51(43)59-52(44)45/h1-33H. The van der Waals surface area contributed by atoms with Crippen LogP contribution in [0.1, 0.15) is 0 Å². The van der Waals surface area contributed by atoms with Crippen LogP contribution in [0.5, 0.6) is 0 Å². The number of fused-ring (bicyclic) bond motifs is 9. The zero-order valence-electron chi connectivity index (χ0n) is 31.8. The fraction of sp³-hybridized carbons (Fsp3) is 0. The molecular weight excluding hydrogens is 719 g/mol. The molecule has 0 bridgehead atoms. The normalized spacial score (nSPS) is 11.7. The lowest BCUT2D eigenvalue weighted by atomic mass is 9.86. The van der Waals surface area contributed by atoms with E-state index in [1.165, 1.54) is 37.9 Å². The van der Waals surface area contributed by atoms with Crippen LogP contribution in [-0.4, -0.2) is 15.0 Å².